The number of aliphatic carboxylic acids is 1. The summed E-state index contributed by atoms with van der Waals surface area (Å²) in [5, 5.41) is 14.6. The number of carbonyl (C=O) groups excluding carboxylic acids is 2. The Labute approximate surface area is 154 Å². The van der Waals surface area contributed by atoms with E-state index in [1.165, 1.54) is 6.92 Å². The second kappa shape index (κ2) is 9.33. The Morgan fingerprint density at radius 2 is 1.73 bits per heavy atom. The Kier molecular flexibility index (Phi) is 7.76. The van der Waals surface area contributed by atoms with Gasteiger partial charge in [0.1, 0.15) is 11.6 Å². The highest BCUT2D eigenvalue weighted by Gasteiger charge is 2.38. The molecule has 1 aromatic rings. The van der Waals surface area contributed by atoms with Gasteiger partial charge in [-0.25, -0.2) is 4.79 Å². The first-order valence-electron chi connectivity index (χ1n) is 8.70. The predicted molar refractivity (Wildman–Crippen MR) is 99.4 cm³/mol. The van der Waals surface area contributed by atoms with E-state index in [-0.39, 0.29) is 12.3 Å². The van der Waals surface area contributed by atoms with Gasteiger partial charge in [0.05, 0.1) is 6.04 Å². The number of hydrogen-bond acceptors (Lipinski definition) is 4. The molecule has 5 N–H and O–H groups in total. The first kappa shape index (κ1) is 21.6. The highest BCUT2D eigenvalue weighted by atomic mass is 16.4. The fourth-order valence-corrected chi connectivity index (χ4v) is 2.58. The van der Waals surface area contributed by atoms with Gasteiger partial charge in [0.25, 0.3) is 0 Å². The molecular formula is C19H29N3O4. The van der Waals surface area contributed by atoms with Gasteiger partial charge in [0, 0.05) is 6.42 Å². The first-order chi connectivity index (χ1) is 12.0. The molecule has 0 aliphatic heterocycles. The van der Waals surface area contributed by atoms with Crippen molar-refractivity contribution in [1.29, 1.82) is 0 Å². The maximum Gasteiger partial charge on any atom is 0.326 e. The van der Waals surface area contributed by atoms with Crippen LogP contribution in [-0.4, -0.2) is 40.5 Å². The molecular weight excluding hydrogens is 334 g/mol. The van der Waals surface area contributed by atoms with Crippen LogP contribution in [-0.2, 0) is 20.8 Å². The summed E-state index contributed by atoms with van der Waals surface area (Å²) in [7, 11) is 0. The lowest BCUT2D eigenvalue weighted by atomic mass is 9.90. The van der Waals surface area contributed by atoms with E-state index < -0.39 is 35.4 Å². The molecule has 7 nitrogen and oxygen atoms in total. The zero-order valence-corrected chi connectivity index (χ0v) is 15.8. The molecule has 26 heavy (non-hydrogen) atoms. The molecule has 1 aromatic carbocycles. The molecule has 3 atom stereocenters. The molecule has 0 heterocycles. The summed E-state index contributed by atoms with van der Waals surface area (Å²) in [5.74, 6) is -2.04. The number of rotatable bonds is 9. The highest BCUT2D eigenvalue weighted by molar-refractivity contribution is 5.94. The van der Waals surface area contributed by atoms with E-state index in [1.54, 1.807) is 6.92 Å². The number of amides is 2. The van der Waals surface area contributed by atoms with Gasteiger partial charge in [-0.1, -0.05) is 44.2 Å². The summed E-state index contributed by atoms with van der Waals surface area (Å²) in [6.07, 6.45) is 0.510. The summed E-state index contributed by atoms with van der Waals surface area (Å²) < 4.78 is 0. The van der Waals surface area contributed by atoms with Gasteiger partial charge >= 0.3 is 5.97 Å². The lowest BCUT2D eigenvalue weighted by Crippen LogP contribution is -2.62. The number of benzene rings is 1. The van der Waals surface area contributed by atoms with Gasteiger partial charge in [-0.3, -0.25) is 9.59 Å². The van der Waals surface area contributed by atoms with Crippen molar-refractivity contribution < 1.29 is 19.5 Å². The van der Waals surface area contributed by atoms with Crippen molar-refractivity contribution >= 4 is 17.8 Å². The molecule has 1 rings (SSSR count). The minimum absolute atomic E-state index is 0.0930. The number of nitrogens with two attached hydrogens (primary N) is 1. The third-order valence-electron chi connectivity index (χ3n) is 4.02. The van der Waals surface area contributed by atoms with Gasteiger partial charge in [-0.05, 0) is 31.7 Å². The molecule has 0 aromatic heterocycles. The topological polar surface area (TPSA) is 122 Å². The van der Waals surface area contributed by atoms with Crippen LogP contribution in [0.3, 0.4) is 0 Å². The summed E-state index contributed by atoms with van der Waals surface area (Å²) in [5.41, 5.74) is 5.13. The number of carboxylic acid groups (broad SMARTS) is 1. The van der Waals surface area contributed by atoms with E-state index in [2.05, 4.69) is 10.6 Å². The minimum Gasteiger partial charge on any atom is -0.480 e. The quantitative estimate of drug-likeness (QED) is 0.523. The summed E-state index contributed by atoms with van der Waals surface area (Å²) in [6, 6.07) is 7.39. The second-order valence-electron chi connectivity index (χ2n) is 7.27. The van der Waals surface area contributed by atoms with Crippen LogP contribution in [0, 0.1) is 5.92 Å². The lowest BCUT2D eigenvalue weighted by Gasteiger charge is -2.32. The molecule has 0 saturated heterocycles. The molecule has 0 saturated carbocycles. The van der Waals surface area contributed by atoms with Gasteiger partial charge in [-0.2, -0.15) is 0 Å². The standard InChI is InChI=1S/C19H29N3O4/c1-12(2)10-15(17(24)25)21-18(26)19(4,22-16(23)13(3)20)11-14-8-6-5-7-9-14/h5-9,12-13,15H,10-11,20H2,1-4H3,(H,21,26)(H,22,23)(H,24,25)/t13-,15-,19-/m0/s1. The molecule has 0 aliphatic carbocycles. The van der Waals surface area contributed by atoms with Crippen LogP contribution in [0.5, 0.6) is 0 Å². The molecule has 0 aliphatic rings. The monoisotopic (exact) mass is 363 g/mol. The van der Waals surface area contributed by atoms with Crippen LogP contribution >= 0.6 is 0 Å². The summed E-state index contributed by atoms with van der Waals surface area (Å²) in [6.45, 7) is 6.85. The molecule has 7 heteroatoms. The van der Waals surface area contributed by atoms with Gasteiger partial charge < -0.3 is 21.5 Å². The largest absolute Gasteiger partial charge is 0.480 e. The number of hydrogen-bond donors (Lipinski definition) is 4. The predicted octanol–water partition coefficient (Wildman–Crippen LogP) is 1.07. The van der Waals surface area contributed by atoms with Crippen LogP contribution in [0.15, 0.2) is 30.3 Å². The van der Waals surface area contributed by atoms with Gasteiger partial charge in [0.15, 0.2) is 0 Å². The minimum atomic E-state index is -1.32. The van der Waals surface area contributed by atoms with E-state index in [9.17, 15) is 19.5 Å². The smallest absolute Gasteiger partial charge is 0.326 e. The maximum absolute atomic E-state index is 12.9. The Morgan fingerprint density at radius 3 is 2.19 bits per heavy atom. The van der Waals surface area contributed by atoms with Gasteiger partial charge in [0.2, 0.25) is 11.8 Å². The van der Waals surface area contributed by atoms with E-state index >= 15 is 0 Å². The second-order valence-corrected chi connectivity index (χ2v) is 7.27. The van der Waals surface area contributed by atoms with Crippen molar-refractivity contribution in [3.63, 3.8) is 0 Å². The van der Waals surface area contributed by atoms with Crippen LogP contribution in [0.2, 0.25) is 0 Å². The Balaban J connectivity index is 3.07. The molecule has 2 amide bonds. The highest BCUT2D eigenvalue weighted by Crippen LogP contribution is 2.16. The fourth-order valence-electron chi connectivity index (χ4n) is 2.58. The van der Waals surface area contributed by atoms with Crippen LogP contribution in [0.1, 0.15) is 39.7 Å². The SMILES string of the molecule is CC(C)C[C@H](NC(=O)[C@](C)(Cc1ccccc1)NC(=O)[C@H](C)N)C(=O)O. The van der Waals surface area contributed by atoms with E-state index in [4.69, 9.17) is 5.73 Å². The molecule has 0 spiro atoms. The van der Waals surface area contributed by atoms with Crippen molar-refractivity contribution in [1.82, 2.24) is 10.6 Å². The Morgan fingerprint density at radius 1 is 1.15 bits per heavy atom. The number of carboxylic acids is 1. The van der Waals surface area contributed by atoms with Crippen molar-refractivity contribution in [2.45, 2.75) is 58.2 Å². The van der Waals surface area contributed by atoms with E-state index in [0.717, 1.165) is 5.56 Å². The zero-order chi connectivity index (χ0) is 19.9. The number of carbonyl (C=O) groups is 3. The average Bonchev–Trinajstić information content (AvgIpc) is 2.54. The zero-order valence-electron chi connectivity index (χ0n) is 15.8. The van der Waals surface area contributed by atoms with E-state index in [1.807, 2.05) is 44.2 Å². The Hall–Kier alpha value is -2.41. The van der Waals surface area contributed by atoms with Crippen LogP contribution in [0.25, 0.3) is 0 Å². The van der Waals surface area contributed by atoms with Crippen molar-refractivity contribution in [2.24, 2.45) is 11.7 Å². The third-order valence-corrected chi connectivity index (χ3v) is 4.02. The average molecular weight is 363 g/mol. The maximum atomic E-state index is 12.9. The van der Waals surface area contributed by atoms with Crippen LogP contribution in [0.4, 0.5) is 0 Å². The Bertz CT molecular complexity index is 631. The molecule has 144 valence electrons. The third kappa shape index (κ3) is 6.48. The summed E-state index contributed by atoms with van der Waals surface area (Å²) >= 11 is 0. The lowest BCUT2D eigenvalue weighted by molar-refractivity contribution is -0.143. The van der Waals surface area contributed by atoms with Crippen LogP contribution < -0.4 is 16.4 Å². The molecule has 0 radical (unpaired) electrons. The van der Waals surface area contributed by atoms with Crippen molar-refractivity contribution in [3.05, 3.63) is 35.9 Å². The normalized spacial score (nSPS) is 15.6. The summed E-state index contributed by atoms with van der Waals surface area (Å²) in [4.78, 5) is 36.5. The molecule has 0 bridgehead atoms. The fraction of sp³-hybridized carbons (Fsp3) is 0.526. The molecule has 0 fully saturated rings. The molecule has 0 unspecified atom stereocenters. The van der Waals surface area contributed by atoms with Crippen molar-refractivity contribution in [2.75, 3.05) is 0 Å². The van der Waals surface area contributed by atoms with Gasteiger partial charge in [-0.15, -0.1) is 0 Å². The number of nitrogens with one attached hydrogen (secondary N) is 2. The van der Waals surface area contributed by atoms with E-state index in [0.29, 0.717) is 6.42 Å². The van der Waals surface area contributed by atoms with Crippen molar-refractivity contribution in [3.8, 4) is 0 Å². The first-order valence-corrected chi connectivity index (χ1v) is 8.70.